The molecule has 6 aromatic rings. The van der Waals surface area contributed by atoms with E-state index in [0.29, 0.717) is 22.5 Å². The van der Waals surface area contributed by atoms with Crippen molar-refractivity contribution in [2.24, 2.45) is 0 Å². The van der Waals surface area contributed by atoms with Gasteiger partial charge in [0.2, 0.25) is 0 Å². The topological polar surface area (TPSA) is 91.4 Å². The van der Waals surface area contributed by atoms with Crippen LogP contribution in [0.1, 0.15) is 34.1 Å². The molecule has 0 radical (unpaired) electrons. The first-order chi connectivity index (χ1) is 17.5. The maximum absolute atomic E-state index is 13.9. The fraction of sp³-hybridized carbons (Fsp3) is 0.103. The second kappa shape index (κ2) is 8.46. The zero-order valence-corrected chi connectivity index (χ0v) is 19.9. The molecule has 0 amide bonds. The Bertz CT molecular complexity index is 1670. The molecule has 0 saturated heterocycles. The van der Waals surface area contributed by atoms with Crippen molar-refractivity contribution < 1.29 is 0 Å². The van der Waals surface area contributed by atoms with Crippen LogP contribution < -0.4 is 11.1 Å². The number of hydrogen-bond acceptors (Lipinski definition) is 2. The van der Waals surface area contributed by atoms with Gasteiger partial charge >= 0.3 is 0 Å². The van der Waals surface area contributed by atoms with Crippen molar-refractivity contribution in [3.63, 3.8) is 0 Å². The fourth-order valence-corrected chi connectivity index (χ4v) is 5.02. The number of benzene rings is 3. The Morgan fingerprint density at radius 2 is 1.11 bits per heavy atom. The van der Waals surface area contributed by atoms with E-state index < -0.39 is 5.92 Å². The van der Waals surface area contributed by atoms with Crippen molar-refractivity contribution in [1.29, 1.82) is 0 Å². The van der Waals surface area contributed by atoms with Crippen LogP contribution in [0.15, 0.2) is 101 Å². The van der Waals surface area contributed by atoms with E-state index in [9.17, 15) is 9.59 Å². The highest BCUT2D eigenvalue weighted by Gasteiger charge is 2.32. The molecule has 0 atom stereocenters. The molecule has 7 nitrogen and oxygen atoms in total. The fourth-order valence-electron chi connectivity index (χ4n) is 5.02. The lowest BCUT2D eigenvalue weighted by molar-refractivity contribution is 0.829. The molecule has 6 rings (SSSR count). The Hall–Kier alpha value is -4.78. The predicted molar refractivity (Wildman–Crippen MR) is 141 cm³/mol. The Morgan fingerprint density at radius 1 is 0.639 bits per heavy atom. The minimum atomic E-state index is -0.597. The van der Waals surface area contributed by atoms with Crippen LogP contribution in [-0.4, -0.2) is 24.5 Å². The molecule has 36 heavy (non-hydrogen) atoms. The van der Waals surface area contributed by atoms with Gasteiger partial charge in [0.25, 0.3) is 11.1 Å². The van der Waals surface area contributed by atoms with Gasteiger partial charge in [-0.25, -0.2) is 9.36 Å². The van der Waals surface area contributed by atoms with E-state index in [1.807, 2.05) is 105 Å². The van der Waals surface area contributed by atoms with Crippen LogP contribution >= 0.6 is 0 Å². The summed E-state index contributed by atoms with van der Waals surface area (Å²) in [7, 11) is 0. The minimum absolute atomic E-state index is 0.186. The summed E-state index contributed by atoms with van der Waals surface area (Å²) >= 11 is 0. The lowest BCUT2D eigenvalue weighted by Crippen LogP contribution is -2.25. The van der Waals surface area contributed by atoms with Gasteiger partial charge in [-0.15, -0.1) is 0 Å². The normalized spacial score (nSPS) is 11.5. The van der Waals surface area contributed by atoms with Crippen molar-refractivity contribution in [2.45, 2.75) is 19.8 Å². The molecule has 3 heterocycles. The van der Waals surface area contributed by atoms with E-state index in [1.54, 1.807) is 0 Å². The largest absolute Gasteiger partial charge is 0.358 e. The molecule has 0 fully saturated rings. The van der Waals surface area contributed by atoms with Gasteiger partial charge in [-0.2, -0.15) is 0 Å². The molecule has 0 unspecified atom stereocenters. The Balaban J connectivity index is 1.63. The zero-order chi connectivity index (χ0) is 24.8. The van der Waals surface area contributed by atoms with E-state index in [1.165, 1.54) is 9.36 Å². The van der Waals surface area contributed by atoms with Gasteiger partial charge in [-0.05, 0) is 55.6 Å². The highest BCUT2D eigenvalue weighted by molar-refractivity contribution is 5.81. The number of aryl methyl sites for hydroxylation is 2. The molecule has 0 spiro atoms. The van der Waals surface area contributed by atoms with E-state index in [4.69, 9.17) is 0 Å². The smallest absolute Gasteiger partial charge is 0.275 e. The molecule has 0 saturated carbocycles. The Morgan fingerprint density at radius 3 is 1.61 bits per heavy atom. The molecule has 3 aromatic heterocycles. The summed E-state index contributed by atoms with van der Waals surface area (Å²) in [6.07, 6.45) is 0. The SMILES string of the molecule is Cc1[nH]n(-c2ccccc2)c(=O)c1C(c1cc2ccccc2[nH]1)c1c(C)[nH]n(-c2ccccc2)c1=O. The molecule has 7 heteroatoms. The molecule has 0 aliphatic rings. The number of para-hydroxylation sites is 3. The predicted octanol–water partition coefficient (Wildman–Crippen LogP) is 4.92. The van der Waals surface area contributed by atoms with Crippen LogP contribution in [0.2, 0.25) is 0 Å². The minimum Gasteiger partial charge on any atom is -0.358 e. The average molecular weight is 476 g/mol. The van der Waals surface area contributed by atoms with Gasteiger partial charge in [-0.1, -0.05) is 54.6 Å². The first-order valence-electron chi connectivity index (χ1n) is 11.8. The summed E-state index contributed by atoms with van der Waals surface area (Å²) in [5.74, 6) is -0.597. The number of rotatable bonds is 5. The third-order valence-corrected chi connectivity index (χ3v) is 6.70. The molecular formula is C29H25N5O2. The van der Waals surface area contributed by atoms with Crippen molar-refractivity contribution in [3.8, 4) is 11.4 Å². The van der Waals surface area contributed by atoms with Gasteiger partial charge in [0, 0.05) is 22.6 Å². The number of aromatic nitrogens is 5. The van der Waals surface area contributed by atoms with Crippen LogP contribution in [0.3, 0.4) is 0 Å². The summed E-state index contributed by atoms with van der Waals surface area (Å²) in [4.78, 5) is 31.3. The summed E-state index contributed by atoms with van der Waals surface area (Å²) in [5.41, 5.74) is 5.31. The van der Waals surface area contributed by atoms with Crippen LogP contribution in [0, 0.1) is 13.8 Å². The van der Waals surface area contributed by atoms with Crippen LogP contribution in [0.25, 0.3) is 22.3 Å². The lowest BCUT2D eigenvalue weighted by Gasteiger charge is -2.14. The summed E-state index contributed by atoms with van der Waals surface area (Å²) in [5, 5.41) is 7.48. The number of hydrogen-bond donors (Lipinski definition) is 3. The Kier molecular flexibility index (Phi) is 5.11. The quantitative estimate of drug-likeness (QED) is 0.330. The maximum atomic E-state index is 13.9. The van der Waals surface area contributed by atoms with Gasteiger partial charge < -0.3 is 4.98 Å². The standard InChI is InChI=1S/C29H25N5O2/c1-18-25(28(35)33(31-18)21-12-5-3-6-13-21)27(24-17-20-11-9-10-16-23(20)30-24)26-19(2)32-34(29(26)36)22-14-7-4-8-15-22/h3-17,27,30-32H,1-2H3. The van der Waals surface area contributed by atoms with E-state index in [0.717, 1.165) is 28.0 Å². The van der Waals surface area contributed by atoms with Crippen LogP contribution in [0.5, 0.6) is 0 Å². The maximum Gasteiger partial charge on any atom is 0.275 e. The highest BCUT2D eigenvalue weighted by atomic mass is 16.1. The third kappa shape index (κ3) is 3.44. The Labute approximate surface area is 206 Å². The lowest BCUT2D eigenvalue weighted by atomic mass is 9.88. The summed E-state index contributed by atoms with van der Waals surface area (Å²) in [6, 6.07) is 28.9. The molecule has 0 aliphatic carbocycles. The van der Waals surface area contributed by atoms with Gasteiger partial charge in [0.15, 0.2) is 0 Å². The number of H-pyrrole nitrogens is 3. The molecule has 178 valence electrons. The summed E-state index contributed by atoms with van der Waals surface area (Å²) in [6.45, 7) is 3.76. The van der Waals surface area contributed by atoms with Crippen molar-refractivity contribution in [2.75, 3.05) is 0 Å². The second-order valence-electron chi connectivity index (χ2n) is 9.00. The van der Waals surface area contributed by atoms with Crippen LogP contribution in [0.4, 0.5) is 0 Å². The van der Waals surface area contributed by atoms with Gasteiger partial charge in [0.05, 0.1) is 28.4 Å². The number of aromatic amines is 3. The molecule has 0 aliphatic heterocycles. The first kappa shape index (κ1) is 21.7. The monoisotopic (exact) mass is 475 g/mol. The van der Waals surface area contributed by atoms with Crippen molar-refractivity contribution >= 4 is 10.9 Å². The third-order valence-electron chi connectivity index (χ3n) is 6.70. The van der Waals surface area contributed by atoms with Crippen molar-refractivity contribution in [3.05, 3.63) is 140 Å². The molecule has 3 N–H and O–H groups in total. The van der Waals surface area contributed by atoms with Crippen molar-refractivity contribution in [1.82, 2.24) is 24.5 Å². The number of nitrogens with zero attached hydrogens (tertiary/aromatic N) is 2. The van der Waals surface area contributed by atoms with E-state index in [2.05, 4.69) is 15.2 Å². The number of nitrogens with one attached hydrogen (secondary N) is 3. The molecular weight excluding hydrogens is 450 g/mol. The average Bonchev–Trinajstić information content (AvgIpc) is 3.55. The second-order valence-corrected chi connectivity index (χ2v) is 9.00. The van der Waals surface area contributed by atoms with Crippen LogP contribution in [-0.2, 0) is 0 Å². The number of fused-ring (bicyclic) bond motifs is 1. The summed E-state index contributed by atoms with van der Waals surface area (Å²) < 4.78 is 3.08. The van der Waals surface area contributed by atoms with Gasteiger partial charge in [-0.3, -0.25) is 19.8 Å². The molecule has 0 bridgehead atoms. The van der Waals surface area contributed by atoms with E-state index >= 15 is 0 Å². The highest BCUT2D eigenvalue weighted by Crippen LogP contribution is 2.33. The first-order valence-corrected chi connectivity index (χ1v) is 11.8. The zero-order valence-electron chi connectivity index (χ0n) is 19.9. The van der Waals surface area contributed by atoms with E-state index in [-0.39, 0.29) is 11.1 Å². The molecule has 3 aromatic carbocycles. The van der Waals surface area contributed by atoms with Gasteiger partial charge in [0.1, 0.15) is 0 Å².